The predicted molar refractivity (Wildman–Crippen MR) is 75.1 cm³/mol. The number of nitrogens with zero attached hydrogens (tertiary/aromatic N) is 1. The Kier molecular flexibility index (Phi) is 4.80. The summed E-state index contributed by atoms with van der Waals surface area (Å²) < 4.78 is 5.11. The number of likely N-dealkylation sites (tertiary alicyclic amines) is 1. The van der Waals surface area contributed by atoms with Gasteiger partial charge < -0.3 is 15.4 Å². The average Bonchev–Trinajstić information content (AvgIpc) is 2.45. The molecule has 1 aliphatic heterocycles. The summed E-state index contributed by atoms with van der Waals surface area (Å²) in [6.45, 7) is 1.57. The third-order valence-corrected chi connectivity index (χ3v) is 3.60. The van der Waals surface area contributed by atoms with Crippen LogP contribution in [0.3, 0.4) is 0 Å². The number of aryl methyl sites for hydroxylation is 1. The molecule has 1 heterocycles. The van der Waals surface area contributed by atoms with Crippen molar-refractivity contribution >= 4 is 5.91 Å². The number of piperidine rings is 1. The highest BCUT2D eigenvalue weighted by Crippen LogP contribution is 2.14. The fraction of sp³-hybridized carbons (Fsp3) is 0.533. The molecule has 2 rings (SSSR count). The lowest BCUT2D eigenvalue weighted by atomic mass is 10.0. The molecule has 0 radical (unpaired) electrons. The number of carbonyl (C=O) groups excluding carboxylic acids is 1. The van der Waals surface area contributed by atoms with E-state index in [1.807, 2.05) is 29.2 Å². The molecule has 104 valence electrons. The second kappa shape index (κ2) is 6.57. The largest absolute Gasteiger partial charge is 0.497 e. The number of nitrogens with two attached hydrogens (primary N) is 1. The van der Waals surface area contributed by atoms with Crippen LogP contribution in [-0.4, -0.2) is 37.0 Å². The lowest BCUT2D eigenvalue weighted by molar-refractivity contribution is -0.132. The molecule has 1 aromatic rings. The first-order valence-corrected chi connectivity index (χ1v) is 6.85. The molecule has 4 heteroatoms. The first kappa shape index (κ1) is 13.9. The van der Waals surface area contributed by atoms with Crippen LogP contribution in [-0.2, 0) is 11.2 Å². The Bertz CT molecular complexity index is 417. The minimum absolute atomic E-state index is 0.152. The molecule has 1 aliphatic rings. The van der Waals surface area contributed by atoms with Gasteiger partial charge in [0.05, 0.1) is 7.11 Å². The average molecular weight is 262 g/mol. The van der Waals surface area contributed by atoms with Crippen molar-refractivity contribution < 1.29 is 9.53 Å². The van der Waals surface area contributed by atoms with Gasteiger partial charge in [0.2, 0.25) is 5.91 Å². The number of amides is 1. The number of carbonyl (C=O) groups is 1. The predicted octanol–water partition coefficient (Wildman–Crippen LogP) is 1.58. The highest BCUT2D eigenvalue weighted by molar-refractivity contribution is 5.76. The number of hydrogen-bond donors (Lipinski definition) is 1. The van der Waals surface area contributed by atoms with Crippen LogP contribution in [0.4, 0.5) is 0 Å². The van der Waals surface area contributed by atoms with Crippen molar-refractivity contribution in [2.24, 2.45) is 5.73 Å². The van der Waals surface area contributed by atoms with Gasteiger partial charge in [0, 0.05) is 25.6 Å². The third-order valence-electron chi connectivity index (χ3n) is 3.60. The van der Waals surface area contributed by atoms with Crippen LogP contribution in [0.25, 0.3) is 0 Å². The molecule has 2 N–H and O–H groups in total. The van der Waals surface area contributed by atoms with Crippen molar-refractivity contribution in [3.8, 4) is 5.75 Å². The van der Waals surface area contributed by atoms with E-state index < -0.39 is 0 Å². The Labute approximate surface area is 114 Å². The zero-order valence-corrected chi connectivity index (χ0v) is 11.5. The maximum Gasteiger partial charge on any atom is 0.222 e. The summed E-state index contributed by atoms with van der Waals surface area (Å²) in [6.07, 6.45) is 3.38. The number of methoxy groups -OCH3 is 1. The van der Waals surface area contributed by atoms with E-state index in [0.29, 0.717) is 13.0 Å². The Morgan fingerprint density at radius 2 is 2.16 bits per heavy atom. The van der Waals surface area contributed by atoms with Gasteiger partial charge >= 0.3 is 0 Å². The Balaban J connectivity index is 1.82. The quantitative estimate of drug-likeness (QED) is 0.896. The number of rotatable bonds is 4. The van der Waals surface area contributed by atoms with E-state index in [4.69, 9.17) is 10.5 Å². The van der Waals surface area contributed by atoms with Gasteiger partial charge in [0.1, 0.15) is 5.75 Å². The van der Waals surface area contributed by atoms with Crippen LogP contribution in [0.15, 0.2) is 24.3 Å². The number of ether oxygens (including phenoxy) is 1. The van der Waals surface area contributed by atoms with E-state index in [-0.39, 0.29) is 11.9 Å². The maximum atomic E-state index is 12.1. The fourth-order valence-corrected chi connectivity index (χ4v) is 2.44. The van der Waals surface area contributed by atoms with Crippen LogP contribution in [0.2, 0.25) is 0 Å². The molecule has 0 saturated carbocycles. The van der Waals surface area contributed by atoms with E-state index in [1.54, 1.807) is 7.11 Å². The van der Waals surface area contributed by atoms with Crippen molar-refractivity contribution in [2.75, 3.05) is 20.2 Å². The topological polar surface area (TPSA) is 55.6 Å². The summed E-state index contributed by atoms with van der Waals surface area (Å²) >= 11 is 0. The summed E-state index contributed by atoms with van der Waals surface area (Å²) in [7, 11) is 1.65. The number of benzene rings is 1. The van der Waals surface area contributed by atoms with Crippen molar-refractivity contribution in [1.29, 1.82) is 0 Å². The lowest BCUT2D eigenvalue weighted by Crippen LogP contribution is -2.45. The molecule has 1 fully saturated rings. The fourth-order valence-electron chi connectivity index (χ4n) is 2.44. The monoisotopic (exact) mass is 262 g/mol. The summed E-state index contributed by atoms with van der Waals surface area (Å²) in [5, 5.41) is 0. The molecule has 0 spiro atoms. The summed E-state index contributed by atoms with van der Waals surface area (Å²) in [6, 6.07) is 8.02. The van der Waals surface area contributed by atoms with Gasteiger partial charge in [-0.05, 0) is 37.0 Å². The molecule has 0 aliphatic carbocycles. The molecule has 19 heavy (non-hydrogen) atoms. The smallest absolute Gasteiger partial charge is 0.222 e. The highest BCUT2D eigenvalue weighted by atomic mass is 16.5. The van der Waals surface area contributed by atoms with E-state index in [0.717, 1.165) is 37.1 Å². The van der Waals surface area contributed by atoms with Gasteiger partial charge in [-0.3, -0.25) is 4.79 Å². The zero-order chi connectivity index (χ0) is 13.7. The van der Waals surface area contributed by atoms with E-state index in [2.05, 4.69) is 0 Å². The van der Waals surface area contributed by atoms with Crippen molar-refractivity contribution in [1.82, 2.24) is 4.90 Å². The zero-order valence-electron chi connectivity index (χ0n) is 11.5. The van der Waals surface area contributed by atoms with Crippen LogP contribution in [0, 0.1) is 0 Å². The molecular weight excluding hydrogens is 240 g/mol. The Morgan fingerprint density at radius 3 is 2.79 bits per heavy atom. The van der Waals surface area contributed by atoms with Crippen LogP contribution in [0.5, 0.6) is 5.75 Å². The van der Waals surface area contributed by atoms with Gasteiger partial charge in [0.25, 0.3) is 0 Å². The lowest BCUT2D eigenvalue weighted by Gasteiger charge is -2.30. The van der Waals surface area contributed by atoms with E-state index >= 15 is 0 Å². The molecule has 0 aromatic heterocycles. The summed E-state index contributed by atoms with van der Waals surface area (Å²) in [5.74, 6) is 1.06. The molecule has 1 saturated heterocycles. The van der Waals surface area contributed by atoms with Crippen LogP contribution >= 0.6 is 0 Å². The molecule has 1 atom stereocenters. The first-order chi connectivity index (χ1) is 9.19. The van der Waals surface area contributed by atoms with Crippen molar-refractivity contribution in [2.45, 2.75) is 31.7 Å². The Hall–Kier alpha value is -1.55. The molecule has 1 unspecified atom stereocenters. The Morgan fingerprint density at radius 1 is 1.42 bits per heavy atom. The first-order valence-electron chi connectivity index (χ1n) is 6.85. The van der Waals surface area contributed by atoms with Gasteiger partial charge in [-0.25, -0.2) is 0 Å². The molecule has 1 aromatic carbocycles. The molecule has 4 nitrogen and oxygen atoms in total. The maximum absolute atomic E-state index is 12.1. The normalized spacial score (nSPS) is 19.3. The van der Waals surface area contributed by atoms with Gasteiger partial charge in [-0.15, -0.1) is 0 Å². The van der Waals surface area contributed by atoms with E-state index in [9.17, 15) is 4.79 Å². The standard InChI is InChI=1S/C15H22N2O2/c1-19-14-7-4-12(5-8-14)6-9-15(18)17-10-2-3-13(16)11-17/h4-5,7-8,13H,2-3,6,9-11,16H2,1H3. The van der Waals surface area contributed by atoms with Gasteiger partial charge in [-0.2, -0.15) is 0 Å². The second-order valence-electron chi connectivity index (χ2n) is 5.09. The highest BCUT2D eigenvalue weighted by Gasteiger charge is 2.20. The molecule has 0 bridgehead atoms. The van der Waals surface area contributed by atoms with Crippen molar-refractivity contribution in [3.05, 3.63) is 29.8 Å². The summed E-state index contributed by atoms with van der Waals surface area (Å²) in [5.41, 5.74) is 7.06. The van der Waals surface area contributed by atoms with Crippen LogP contribution in [0.1, 0.15) is 24.8 Å². The minimum atomic E-state index is 0.152. The van der Waals surface area contributed by atoms with Gasteiger partial charge in [0.15, 0.2) is 0 Å². The summed E-state index contributed by atoms with van der Waals surface area (Å²) in [4.78, 5) is 14.0. The minimum Gasteiger partial charge on any atom is -0.497 e. The van der Waals surface area contributed by atoms with Crippen molar-refractivity contribution in [3.63, 3.8) is 0 Å². The second-order valence-corrected chi connectivity index (χ2v) is 5.09. The molecule has 1 amide bonds. The van der Waals surface area contributed by atoms with Gasteiger partial charge in [-0.1, -0.05) is 12.1 Å². The van der Waals surface area contributed by atoms with Crippen LogP contribution < -0.4 is 10.5 Å². The third kappa shape index (κ3) is 3.96. The number of hydrogen-bond acceptors (Lipinski definition) is 3. The van der Waals surface area contributed by atoms with E-state index in [1.165, 1.54) is 0 Å². The SMILES string of the molecule is COc1ccc(CCC(=O)N2CCCC(N)C2)cc1. The molecular formula is C15H22N2O2.